The van der Waals surface area contributed by atoms with E-state index in [4.69, 9.17) is 5.11 Å². The molecule has 2 heteroatoms. The summed E-state index contributed by atoms with van der Waals surface area (Å²) in [6.45, 7) is 7.94. The van der Waals surface area contributed by atoms with Gasteiger partial charge in [-0.05, 0) is 58.4 Å². The maximum Gasteiger partial charge on any atom is 0.0462 e. The van der Waals surface area contributed by atoms with Crippen LogP contribution in [0, 0.1) is 11.8 Å². The molecule has 0 bridgehead atoms. The van der Waals surface area contributed by atoms with Crippen LogP contribution in [0.15, 0.2) is 0 Å². The fraction of sp³-hybridized carbons (Fsp3) is 1.00. The third-order valence-electron chi connectivity index (χ3n) is 2.69. The largest absolute Gasteiger partial charge is 0.396 e. The quantitative estimate of drug-likeness (QED) is 0.684. The normalized spacial score (nSPS) is 20.3. The van der Waals surface area contributed by atoms with Crippen LogP contribution in [0.25, 0.3) is 0 Å². The van der Waals surface area contributed by atoms with Gasteiger partial charge in [0, 0.05) is 12.1 Å². The van der Waals surface area contributed by atoms with E-state index < -0.39 is 0 Å². The molecule has 2 nitrogen and oxygen atoms in total. The zero-order valence-electron chi connectivity index (χ0n) is 9.14. The van der Waals surface area contributed by atoms with Gasteiger partial charge in [0.15, 0.2) is 0 Å². The molecule has 0 aliphatic heterocycles. The van der Waals surface area contributed by atoms with Crippen molar-refractivity contribution >= 4 is 0 Å². The average molecular weight is 185 g/mol. The molecule has 1 unspecified atom stereocenters. The molecule has 1 aliphatic carbocycles. The van der Waals surface area contributed by atoms with Crippen molar-refractivity contribution in [1.29, 1.82) is 0 Å². The Morgan fingerprint density at radius 3 is 2.38 bits per heavy atom. The minimum absolute atomic E-state index is 0.212. The lowest BCUT2D eigenvalue weighted by molar-refractivity contribution is 0.198. The molecule has 0 aromatic heterocycles. The zero-order chi connectivity index (χ0) is 9.90. The van der Waals surface area contributed by atoms with Crippen molar-refractivity contribution in [3.05, 3.63) is 0 Å². The summed E-state index contributed by atoms with van der Waals surface area (Å²) in [5.41, 5.74) is 0.212. The van der Waals surface area contributed by atoms with Crippen LogP contribution >= 0.6 is 0 Å². The van der Waals surface area contributed by atoms with E-state index in [2.05, 4.69) is 26.1 Å². The van der Waals surface area contributed by atoms with Crippen molar-refractivity contribution in [3.63, 3.8) is 0 Å². The molecule has 1 saturated carbocycles. The number of aliphatic hydroxyl groups excluding tert-OH is 1. The van der Waals surface area contributed by atoms with E-state index in [0.717, 1.165) is 18.9 Å². The molecule has 0 spiro atoms. The molecule has 1 fully saturated rings. The van der Waals surface area contributed by atoms with Gasteiger partial charge in [-0.25, -0.2) is 0 Å². The van der Waals surface area contributed by atoms with Crippen molar-refractivity contribution in [1.82, 2.24) is 5.32 Å². The molecule has 13 heavy (non-hydrogen) atoms. The third-order valence-corrected chi connectivity index (χ3v) is 2.69. The van der Waals surface area contributed by atoms with E-state index in [-0.39, 0.29) is 5.54 Å². The summed E-state index contributed by atoms with van der Waals surface area (Å²) < 4.78 is 0. The van der Waals surface area contributed by atoms with Gasteiger partial charge < -0.3 is 10.4 Å². The first-order chi connectivity index (χ1) is 6.03. The summed E-state index contributed by atoms with van der Waals surface area (Å²) in [7, 11) is 0. The van der Waals surface area contributed by atoms with Crippen LogP contribution in [-0.2, 0) is 0 Å². The Kier molecular flexibility index (Phi) is 3.74. The van der Waals surface area contributed by atoms with Gasteiger partial charge in [-0.1, -0.05) is 0 Å². The third kappa shape index (κ3) is 4.63. The highest BCUT2D eigenvalue weighted by molar-refractivity contribution is 4.82. The summed E-state index contributed by atoms with van der Waals surface area (Å²) in [5, 5.41) is 12.6. The Hall–Kier alpha value is -0.0800. The predicted molar refractivity (Wildman–Crippen MR) is 55.7 cm³/mol. The average Bonchev–Trinajstić information content (AvgIpc) is 2.78. The first-order valence-corrected chi connectivity index (χ1v) is 5.39. The summed E-state index contributed by atoms with van der Waals surface area (Å²) in [5.74, 6) is 1.38. The lowest BCUT2D eigenvalue weighted by atomic mass is 10.00. The molecule has 1 atom stereocenters. The molecular formula is C11H23NO. The molecule has 0 radical (unpaired) electrons. The lowest BCUT2D eigenvalue weighted by Gasteiger charge is -2.22. The van der Waals surface area contributed by atoms with Crippen molar-refractivity contribution in [2.75, 3.05) is 13.2 Å². The van der Waals surface area contributed by atoms with Gasteiger partial charge in [0.25, 0.3) is 0 Å². The maximum atomic E-state index is 9.14. The molecule has 1 rings (SSSR count). The first-order valence-electron chi connectivity index (χ1n) is 5.39. The van der Waals surface area contributed by atoms with Crippen LogP contribution in [-0.4, -0.2) is 23.8 Å². The van der Waals surface area contributed by atoms with Crippen molar-refractivity contribution in [2.45, 2.75) is 45.6 Å². The Morgan fingerprint density at radius 2 is 2.00 bits per heavy atom. The Labute approximate surface area is 81.7 Å². The van der Waals surface area contributed by atoms with Crippen LogP contribution < -0.4 is 5.32 Å². The molecule has 2 N–H and O–H groups in total. The second kappa shape index (κ2) is 4.43. The first kappa shape index (κ1) is 11.0. The van der Waals surface area contributed by atoms with Crippen molar-refractivity contribution in [3.8, 4) is 0 Å². The highest BCUT2D eigenvalue weighted by Crippen LogP contribution is 2.38. The monoisotopic (exact) mass is 185 g/mol. The SMILES string of the molecule is CC(C)(C)NCCC(CO)C1CC1. The van der Waals surface area contributed by atoms with E-state index in [1.54, 1.807) is 0 Å². The van der Waals surface area contributed by atoms with Crippen molar-refractivity contribution in [2.24, 2.45) is 11.8 Å². The highest BCUT2D eigenvalue weighted by atomic mass is 16.3. The minimum atomic E-state index is 0.212. The van der Waals surface area contributed by atoms with Crippen LogP contribution in [0.5, 0.6) is 0 Å². The summed E-state index contributed by atoms with van der Waals surface area (Å²) in [6.07, 6.45) is 3.79. The summed E-state index contributed by atoms with van der Waals surface area (Å²) in [4.78, 5) is 0. The van der Waals surface area contributed by atoms with Crippen LogP contribution in [0.4, 0.5) is 0 Å². The lowest BCUT2D eigenvalue weighted by Crippen LogP contribution is -2.37. The van der Waals surface area contributed by atoms with Crippen LogP contribution in [0.3, 0.4) is 0 Å². The fourth-order valence-electron chi connectivity index (χ4n) is 1.68. The molecule has 0 saturated heterocycles. The smallest absolute Gasteiger partial charge is 0.0462 e. The van der Waals surface area contributed by atoms with E-state index in [0.29, 0.717) is 12.5 Å². The maximum absolute atomic E-state index is 9.14. The Morgan fingerprint density at radius 1 is 1.38 bits per heavy atom. The number of rotatable bonds is 5. The number of hydrogen-bond acceptors (Lipinski definition) is 2. The second-order valence-electron chi connectivity index (χ2n) is 5.25. The molecule has 78 valence electrons. The topological polar surface area (TPSA) is 32.3 Å². The highest BCUT2D eigenvalue weighted by Gasteiger charge is 2.30. The number of nitrogens with one attached hydrogen (secondary N) is 1. The van der Waals surface area contributed by atoms with E-state index >= 15 is 0 Å². The van der Waals surface area contributed by atoms with E-state index in [9.17, 15) is 0 Å². The summed E-state index contributed by atoms with van der Waals surface area (Å²) in [6, 6.07) is 0. The Balaban J connectivity index is 2.09. The molecule has 1 aliphatic rings. The van der Waals surface area contributed by atoms with E-state index in [1.165, 1.54) is 12.8 Å². The van der Waals surface area contributed by atoms with Gasteiger partial charge in [-0.15, -0.1) is 0 Å². The Bertz CT molecular complexity index is 147. The summed E-state index contributed by atoms with van der Waals surface area (Å²) >= 11 is 0. The molecule has 0 amide bonds. The predicted octanol–water partition coefficient (Wildman–Crippen LogP) is 1.78. The zero-order valence-corrected chi connectivity index (χ0v) is 9.14. The molecule has 0 aromatic carbocycles. The van der Waals surface area contributed by atoms with Gasteiger partial charge in [-0.3, -0.25) is 0 Å². The van der Waals surface area contributed by atoms with Gasteiger partial charge in [-0.2, -0.15) is 0 Å². The minimum Gasteiger partial charge on any atom is -0.396 e. The number of hydrogen-bond donors (Lipinski definition) is 2. The molecule has 0 aromatic rings. The van der Waals surface area contributed by atoms with Gasteiger partial charge in [0.2, 0.25) is 0 Å². The molecular weight excluding hydrogens is 162 g/mol. The van der Waals surface area contributed by atoms with Gasteiger partial charge >= 0.3 is 0 Å². The van der Waals surface area contributed by atoms with Gasteiger partial charge in [0.1, 0.15) is 0 Å². The number of aliphatic hydroxyl groups is 1. The fourth-order valence-corrected chi connectivity index (χ4v) is 1.68. The van der Waals surface area contributed by atoms with Crippen LogP contribution in [0.2, 0.25) is 0 Å². The molecule has 0 heterocycles. The standard InChI is InChI=1S/C11H23NO/c1-11(2,3)12-7-6-10(8-13)9-4-5-9/h9-10,12-13H,4-8H2,1-3H3. The second-order valence-corrected chi connectivity index (χ2v) is 5.25. The van der Waals surface area contributed by atoms with E-state index in [1.807, 2.05) is 0 Å². The van der Waals surface area contributed by atoms with Gasteiger partial charge in [0.05, 0.1) is 0 Å². The van der Waals surface area contributed by atoms with Crippen LogP contribution in [0.1, 0.15) is 40.0 Å². The van der Waals surface area contributed by atoms with Crippen molar-refractivity contribution < 1.29 is 5.11 Å².